The van der Waals surface area contributed by atoms with Crippen LogP contribution in [0.2, 0.25) is 0 Å². The van der Waals surface area contributed by atoms with Crippen molar-refractivity contribution in [1.82, 2.24) is 16.0 Å². The Hall–Kier alpha value is -2.08. The van der Waals surface area contributed by atoms with Crippen LogP contribution in [0.1, 0.15) is 19.4 Å². The highest BCUT2D eigenvalue weighted by molar-refractivity contribution is 5.78. The molecule has 3 N–H and O–H groups in total. The van der Waals surface area contributed by atoms with Crippen LogP contribution < -0.4 is 20.7 Å². The Morgan fingerprint density at radius 3 is 2.73 bits per heavy atom. The zero-order chi connectivity index (χ0) is 16.4. The molecule has 0 aliphatic carbocycles. The minimum atomic E-state index is -0.151. The van der Waals surface area contributed by atoms with E-state index in [1.165, 1.54) is 0 Å². The van der Waals surface area contributed by atoms with Crippen molar-refractivity contribution >= 4 is 11.8 Å². The molecule has 0 radical (unpaired) electrons. The second kappa shape index (κ2) is 9.78. The topological polar surface area (TPSA) is 79.5 Å². The Morgan fingerprint density at radius 2 is 2.05 bits per heavy atom. The molecule has 1 aromatic rings. The molecule has 6 nitrogen and oxygen atoms in total. The van der Waals surface area contributed by atoms with Crippen LogP contribution in [-0.4, -0.2) is 38.6 Å². The molecular formula is C16H25N3O3. The molecule has 22 heavy (non-hydrogen) atoms. The van der Waals surface area contributed by atoms with Crippen LogP contribution in [0, 0.1) is 5.92 Å². The first kappa shape index (κ1) is 18.0. The van der Waals surface area contributed by atoms with E-state index in [0.717, 1.165) is 5.56 Å². The predicted molar refractivity (Wildman–Crippen MR) is 85.6 cm³/mol. The lowest BCUT2D eigenvalue weighted by atomic mass is 10.1. The standard InChI is InChI=1S/C16H25N3O3/c1-4-18-15(20)11-22-14-7-5-6-13(8-14)10-19-16(21)12(2)9-17-3/h5-8,12,17H,4,9-11H2,1-3H3,(H,18,20)(H,19,21). The average Bonchev–Trinajstić information content (AvgIpc) is 2.51. The van der Waals surface area contributed by atoms with E-state index < -0.39 is 0 Å². The van der Waals surface area contributed by atoms with Gasteiger partial charge in [-0.05, 0) is 31.7 Å². The summed E-state index contributed by atoms with van der Waals surface area (Å²) in [5.41, 5.74) is 0.929. The lowest BCUT2D eigenvalue weighted by Crippen LogP contribution is -2.33. The maximum absolute atomic E-state index is 11.8. The monoisotopic (exact) mass is 307 g/mol. The maximum atomic E-state index is 11.8. The van der Waals surface area contributed by atoms with E-state index in [1.54, 1.807) is 6.07 Å². The van der Waals surface area contributed by atoms with Gasteiger partial charge >= 0.3 is 0 Å². The summed E-state index contributed by atoms with van der Waals surface area (Å²) in [7, 11) is 1.82. The Bertz CT molecular complexity index is 491. The van der Waals surface area contributed by atoms with Gasteiger partial charge in [-0.2, -0.15) is 0 Å². The SMILES string of the molecule is CCNC(=O)COc1cccc(CNC(=O)C(C)CNC)c1. The van der Waals surface area contributed by atoms with E-state index in [4.69, 9.17) is 4.74 Å². The van der Waals surface area contributed by atoms with Gasteiger partial charge in [0.25, 0.3) is 5.91 Å². The molecule has 0 aromatic heterocycles. The van der Waals surface area contributed by atoms with E-state index in [0.29, 0.717) is 25.4 Å². The molecule has 2 amide bonds. The zero-order valence-electron chi connectivity index (χ0n) is 13.4. The number of nitrogens with one attached hydrogen (secondary N) is 3. The van der Waals surface area contributed by atoms with Gasteiger partial charge in [0.2, 0.25) is 5.91 Å². The highest BCUT2D eigenvalue weighted by Crippen LogP contribution is 2.13. The number of hydrogen-bond acceptors (Lipinski definition) is 4. The number of amides is 2. The zero-order valence-corrected chi connectivity index (χ0v) is 13.4. The average molecular weight is 307 g/mol. The van der Waals surface area contributed by atoms with E-state index in [9.17, 15) is 9.59 Å². The van der Waals surface area contributed by atoms with Gasteiger partial charge in [0.15, 0.2) is 6.61 Å². The van der Waals surface area contributed by atoms with E-state index in [-0.39, 0.29) is 24.3 Å². The molecule has 0 heterocycles. The quantitative estimate of drug-likeness (QED) is 0.626. The van der Waals surface area contributed by atoms with Crippen molar-refractivity contribution in [2.24, 2.45) is 5.92 Å². The minimum absolute atomic E-state index is 0.00277. The van der Waals surface area contributed by atoms with Gasteiger partial charge < -0.3 is 20.7 Å². The number of carbonyl (C=O) groups is 2. The Morgan fingerprint density at radius 1 is 1.27 bits per heavy atom. The first-order valence-electron chi connectivity index (χ1n) is 7.47. The van der Waals surface area contributed by atoms with E-state index in [2.05, 4.69) is 16.0 Å². The van der Waals surface area contributed by atoms with Crippen molar-refractivity contribution in [2.75, 3.05) is 26.7 Å². The highest BCUT2D eigenvalue weighted by atomic mass is 16.5. The molecule has 122 valence electrons. The summed E-state index contributed by atoms with van der Waals surface area (Å²) in [4.78, 5) is 23.2. The van der Waals surface area contributed by atoms with Crippen LogP contribution in [-0.2, 0) is 16.1 Å². The van der Waals surface area contributed by atoms with Crippen LogP contribution in [0.15, 0.2) is 24.3 Å². The Kier molecular flexibility index (Phi) is 7.99. The number of carbonyl (C=O) groups excluding carboxylic acids is 2. The summed E-state index contributed by atoms with van der Waals surface area (Å²) < 4.78 is 5.42. The molecule has 1 rings (SSSR count). The third-order valence-electron chi connectivity index (χ3n) is 3.07. The van der Waals surface area contributed by atoms with Gasteiger partial charge in [-0.15, -0.1) is 0 Å². The maximum Gasteiger partial charge on any atom is 0.257 e. The number of benzene rings is 1. The molecule has 0 saturated heterocycles. The van der Waals surface area contributed by atoms with Crippen molar-refractivity contribution in [3.8, 4) is 5.75 Å². The second-order valence-electron chi connectivity index (χ2n) is 5.07. The summed E-state index contributed by atoms with van der Waals surface area (Å²) in [6, 6.07) is 7.35. The lowest BCUT2D eigenvalue weighted by molar-refractivity contribution is -0.124. The molecule has 0 spiro atoms. The van der Waals surface area contributed by atoms with Crippen molar-refractivity contribution in [2.45, 2.75) is 20.4 Å². The molecule has 0 aliphatic rings. The van der Waals surface area contributed by atoms with Gasteiger partial charge in [0, 0.05) is 25.6 Å². The molecule has 0 saturated carbocycles. The van der Waals surface area contributed by atoms with Crippen LogP contribution in [0.3, 0.4) is 0 Å². The third-order valence-corrected chi connectivity index (χ3v) is 3.07. The van der Waals surface area contributed by atoms with Crippen molar-refractivity contribution in [3.63, 3.8) is 0 Å². The van der Waals surface area contributed by atoms with E-state index in [1.807, 2.05) is 39.1 Å². The van der Waals surface area contributed by atoms with Gasteiger partial charge in [-0.25, -0.2) is 0 Å². The summed E-state index contributed by atoms with van der Waals surface area (Å²) in [5, 5.41) is 8.52. The molecular weight excluding hydrogens is 282 g/mol. The molecule has 1 unspecified atom stereocenters. The fourth-order valence-electron chi connectivity index (χ4n) is 1.90. The smallest absolute Gasteiger partial charge is 0.257 e. The summed E-state index contributed by atoms with van der Waals surface area (Å²) in [6.45, 7) is 5.38. The normalized spacial score (nSPS) is 11.6. The second-order valence-corrected chi connectivity index (χ2v) is 5.07. The van der Waals surface area contributed by atoms with Crippen LogP contribution in [0.5, 0.6) is 5.75 Å². The fraction of sp³-hybridized carbons (Fsp3) is 0.500. The van der Waals surface area contributed by atoms with Gasteiger partial charge in [-0.1, -0.05) is 19.1 Å². The molecule has 1 aromatic carbocycles. The fourth-order valence-corrected chi connectivity index (χ4v) is 1.90. The summed E-state index contributed by atoms with van der Waals surface area (Å²) >= 11 is 0. The molecule has 1 atom stereocenters. The van der Waals surface area contributed by atoms with Crippen molar-refractivity contribution < 1.29 is 14.3 Å². The first-order valence-corrected chi connectivity index (χ1v) is 7.47. The number of ether oxygens (including phenoxy) is 1. The van der Waals surface area contributed by atoms with Crippen molar-refractivity contribution in [3.05, 3.63) is 29.8 Å². The number of hydrogen-bond donors (Lipinski definition) is 3. The van der Waals surface area contributed by atoms with Crippen LogP contribution >= 0.6 is 0 Å². The Labute approximate surface area is 131 Å². The van der Waals surface area contributed by atoms with Gasteiger partial charge in [0.05, 0.1) is 0 Å². The number of likely N-dealkylation sites (N-methyl/N-ethyl adjacent to an activating group) is 1. The van der Waals surface area contributed by atoms with Crippen LogP contribution in [0.25, 0.3) is 0 Å². The summed E-state index contributed by atoms with van der Waals surface area (Å²) in [5.74, 6) is 0.383. The van der Waals surface area contributed by atoms with Crippen molar-refractivity contribution in [1.29, 1.82) is 0 Å². The predicted octanol–water partition coefficient (Wildman–Crippen LogP) is 0.673. The first-order chi connectivity index (χ1) is 10.6. The minimum Gasteiger partial charge on any atom is -0.484 e. The van der Waals surface area contributed by atoms with Crippen LogP contribution in [0.4, 0.5) is 0 Å². The lowest BCUT2D eigenvalue weighted by Gasteiger charge is -2.12. The molecule has 0 fully saturated rings. The van der Waals surface area contributed by atoms with Gasteiger partial charge in [0.1, 0.15) is 5.75 Å². The Balaban J connectivity index is 2.47. The molecule has 6 heteroatoms. The highest BCUT2D eigenvalue weighted by Gasteiger charge is 2.11. The van der Waals surface area contributed by atoms with Gasteiger partial charge in [-0.3, -0.25) is 9.59 Å². The van der Waals surface area contributed by atoms with E-state index >= 15 is 0 Å². The molecule has 0 aliphatic heterocycles. The largest absolute Gasteiger partial charge is 0.484 e. The third kappa shape index (κ3) is 6.58. The molecule has 0 bridgehead atoms. The summed E-state index contributed by atoms with van der Waals surface area (Å²) in [6.07, 6.45) is 0. The number of rotatable bonds is 9.